The Hall–Kier alpha value is -2.22. The van der Waals surface area contributed by atoms with Crippen molar-refractivity contribution in [3.05, 3.63) is 63.6 Å². The maximum atomic E-state index is 12.3. The summed E-state index contributed by atoms with van der Waals surface area (Å²) in [5.41, 5.74) is 6.40. The van der Waals surface area contributed by atoms with Crippen LogP contribution in [0.2, 0.25) is 0 Å². The van der Waals surface area contributed by atoms with Crippen LogP contribution in [-0.4, -0.2) is 52.5 Å². The number of anilines is 1. The predicted molar refractivity (Wildman–Crippen MR) is 115 cm³/mol. The van der Waals surface area contributed by atoms with Crippen LogP contribution in [0.15, 0.2) is 52.0 Å². The molecule has 148 valence electrons. The number of ether oxygens (including phenoxy) is 1. The van der Waals surface area contributed by atoms with Gasteiger partial charge in [0, 0.05) is 29.7 Å². The van der Waals surface area contributed by atoms with Gasteiger partial charge in [-0.05, 0) is 45.8 Å². The first-order valence-corrected chi connectivity index (χ1v) is 10.1. The maximum absolute atomic E-state index is 12.3. The fourth-order valence-electron chi connectivity index (χ4n) is 3.10. The lowest BCUT2D eigenvalue weighted by Crippen LogP contribution is -3.12. The second-order valence-corrected chi connectivity index (χ2v) is 7.89. The quantitative estimate of drug-likeness (QED) is 0.525. The summed E-state index contributed by atoms with van der Waals surface area (Å²) < 4.78 is 6.37. The van der Waals surface area contributed by atoms with Gasteiger partial charge in [0.2, 0.25) is 0 Å². The van der Waals surface area contributed by atoms with E-state index in [-0.39, 0.29) is 5.91 Å². The van der Waals surface area contributed by atoms with Gasteiger partial charge in [-0.1, -0.05) is 18.2 Å². The number of nitrogens with zero attached hydrogens (tertiary/aromatic N) is 2. The minimum atomic E-state index is -0.217. The molecule has 7 heteroatoms. The third-order valence-electron chi connectivity index (χ3n) is 4.70. The monoisotopic (exact) mass is 445 g/mol. The lowest BCUT2D eigenvalue weighted by Gasteiger charge is -2.23. The van der Waals surface area contributed by atoms with Gasteiger partial charge in [0.25, 0.3) is 5.91 Å². The van der Waals surface area contributed by atoms with E-state index in [1.54, 1.807) is 6.21 Å². The number of halogens is 1. The van der Waals surface area contributed by atoms with Crippen molar-refractivity contribution in [3.8, 4) is 0 Å². The highest BCUT2D eigenvalue weighted by molar-refractivity contribution is 9.10. The van der Waals surface area contributed by atoms with E-state index in [9.17, 15) is 4.79 Å². The molecule has 1 amide bonds. The summed E-state index contributed by atoms with van der Waals surface area (Å²) in [5, 5.41) is 4.07. The first-order chi connectivity index (χ1) is 13.5. The molecule has 2 N–H and O–H groups in total. The van der Waals surface area contributed by atoms with Crippen LogP contribution in [0.1, 0.15) is 21.5 Å². The van der Waals surface area contributed by atoms with Crippen molar-refractivity contribution in [1.82, 2.24) is 5.43 Å². The highest BCUT2D eigenvalue weighted by atomic mass is 79.9. The summed E-state index contributed by atoms with van der Waals surface area (Å²) in [6, 6.07) is 13.6. The molecule has 0 spiro atoms. The zero-order valence-electron chi connectivity index (χ0n) is 16.2. The van der Waals surface area contributed by atoms with E-state index in [2.05, 4.69) is 26.5 Å². The van der Waals surface area contributed by atoms with Crippen LogP contribution in [0.3, 0.4) is 0 Å². The number of carbonyl (C=O) groups excluding carboxylic acids is 1. The van der Waals surface area contributed by atoms with Crippen LogP contribution < -0.4 is 15.2 Å². The van der Waals surface area contributed by atoms with Gasteiger partial charge in [0.05, 0.1) is 25.1 Å². The summed E-state index contributed by atoms with van der Waals surface area (Å²) >= 11 is 3.55. The highest BCUT2D eigenvalue weighted by Crippen LogP contribution is 2.25. The second-order valence-electron chi connectivity index (χ2n) is 7.04. The Morgan fingerprint density at radius 2 is 1.93 bits per heavy atom. The smallest absolute Gasteiger partial charge is 0.271 e. The van der Waals surface area contributed by atoms with E-state index in [4.69, 9.17) is 4.74 Å². The molecule has 2 aromatic carbocycles. The molecule has 0 radical (unpaired) electrons. The fourth-order valence-corrected chi connectivity index (χ4v) is 3.85. The minimum absolute atomic E-state index is 0.217. The van der Waals surface area contributed by atoms with E-state index in [0.717, 1.165) is 48.6 Å². The number of quaternary nitrogens is 1. The third-order valence-corrected chi connectivity index (χ3v) is 5.34. The molecule has 0 saturated carbocycles. The molecule has 0 bridgehead atoms. The van der Waals surface area contributed by atoms with Crippen molar-refractivity contribution in [2.75, 3.05) is 45.3 Å². The Morgan fingerprint density at radius 3 is 2.57 bits per heavy atom. The number of amides is 1. The number of carbonyl (C=O) groups is 1. The number of benzene rings is 2. The summed E-state index contributed by atoms with van der Waals surface area (Å²) in [6.45, 7) is 4.66. The lowest BCUT2D eigenvalue weighted by molar-refractivity contribution is -0.921. The molecule has 2 aromatic rings. The van der Waals surface area contributed by atoms with Gasteiger partial charge in [-0.15, -0.1) is 0 Å². The van der Waals surface area contributed by atoms with E-state index < -0.39 is 0 Å². The zero-order chi connectivity index (χ0) is 19.9. The molecule has 28 heavy (non-hydrogen) atoms. The molecule has 0 atom stereocenters. The first kappa shape index (κ1) is 20.5. The number of hydrogen-bond donors (Lipinski definition) is 2. The molecule has 1 fully saturated rings. The van der Waals surface area contributed by atoms with Crippen LogP contribution in [0.4, 0.5) is 5.69 Å². The van der Waals surface area contributed by atoms with Crippen LogP contribution in [-0.2, 0) is 11.3 Å². The van der Waals surface area contributed by atoms with Crippen LogP contribution in [0, 0.1) is 0 Å². The Bertz CT molecular complexity index is 831. The maximum Gasteiger partial charge on any atom is 0.271 e. The molecule has 0 aliphatic carbocycles. The molecule has 3 rings (SSSR count). The summed E-state index contributed by atoms with van der Waals surface area (Å²) in [5.74, 6) is -0.217. The highest BCUT2D eigenvalue weighted by Gasteiger charge is 2.14. The van der Waals surface area contributed by atoms with Gasteiger partial charge in [-0.3, -0.25) is 4.79 Å². The van der Waals surface area contributed by atoms with Gasteiger partial charge in [-0.25, -0.2) is 5.43 Å². The Kier molecular flexibility index (Phi) is 7.19. The fraction of sp³-hybridized carbons (Fsp3) is 0.333. The average molecular weight is 446 g/mol. The van der Waals surface area contributed by atoms with Crippen molar-refractivity contribution in [2.24, 2.45) is 5.10 Å². The SMILES string of the molecule is CN(C)c1ccc(C=NNC(=O)c2ccc(C[NH+]3CCOCC3)cc2)cc1Br. The number of hydrazone groups is 1. The van der Waals surface area contributed by atoms with E-state index in [0.29, 0.717) is 5.56 Å². The van der Waals surface area contributed by atoms with Gasteiger partial charge in [-0.2, -0.15) is 5.10 Å². The zero-order valence-corrected chi connectivity index (χ0v) is 17.8. The summed E-state index contributed by atoms with van der Waals surface area (Å²) in [6.07, 6.45) is 1.64. The molecule has 1 aliphatic rings. The normalized spacial score (nSPS) is 15.0. The van der Waals surface area contributed by atoms with Crippen molar-refractivity contribution < 1.29 is 14.4 Å². The van der Waals surface area contributed by atoms with Crippen molar-refractivity contribution in [2.45, 2.75) is 6.54 Å². The Morgan fingerprint density at radius 1 is 1.21 bits per heavy atom. The second kappa shape index (κ2) is 9.82. The molecule has 6 nitrogen and oxygen atoms in total. The summed E-state index contributed by atoms with van der Waals surface area (Å²) in [7, 11) is 3.98. The van der Waals surface area contributed by atoms with Crippen LogP contribution in [0.25, 0.3) is 0 Å². The third kappa shape index (κ3) is 5.64. The van der Waals surface area contributed by atoms with Gasteiger partial charge < -0.3 is 14.5 Å². The molecule has 1 aliphatic heterocycles. The van der Waals surface area contributed by atoms with Gasteiger partial charge in [0.15, 0.2) is 0 Å². The van der Waals surface area contributed by atoms with E-state index >= 15 is 0 Å². The van der Waals surface area contributed by atoms with Gasteiger partial charge in [0.1, 0.15) is 19.6 Å². The lowest BCUT2D eigenvalue weighted by atomic mass is 10.1. The summed E-state index contributed by atoms with van der Waals surface area (Å²) in [4.78, 5) is 15.8. The molecular formula is C21H26BrN4O2+. The average Bonchev–Trinajstić information content (AvgIpc) is 2.69. The van der Waals surface area contributed by atoms with E-state index in [1.165, 1.54) is 10.5 Å². The Balaban J connectivity index is 1.54. The van der Waals surface area contributed by atoms with Crippen LogP contribution in [0.5, 0.6) is 0 Å². The molecule has 0 unspecified atom stereocenters. The number of nitrogens with one attached hydrogen (secondary N) is 2. The molecule has 1 heterocycles. The molecule has 0 aromatic heterocycles. The van der Waals surface area contributed by atoms with E-state index in [1.807, 2.05) is 61.5 Å². The van der Waals surface area contributed by atoms with Crippen molar-refractivity contribution >= 4 is 33.7 Å². The molecule has 1 saturated heterocycles. The minimum Gasteiger partial charge on any atom is -0.377 e. The predicted octanol–water partition coefficient (Wildman–Crippen LogP) is 1.69. The number of hydrogen-bond acceptors (Lipinski definition) is 4. The van der Waals surface area contributed by atoms with Crippen molar-refractivity contribution in [1.29, 1.82) is 0 Å². The largest absolute Gasteiger partial charge is 0.377 e. The number of rotatable bonds is 6. The number of morpholine rings is 1. The first-order valence-electron chi connectivity index (χ1n) is 9.33. The Labute approximate surface area is 174 Å². The van der Waals surface area contributed by atoms with Crippen molar-refractivity contribution in [3.63, 3.8) is 0 Å². The van der Waals surface area contributed by atoms with Gasteiger partial charge >= 0.3 is 0 Å². The molecular weight excluding hydrogens is 420 g/mol. The standard InChI is InChI=1S/C21H25BrN4O2/c1-25(2)20-8-5-17(13-19(20)22)14-23-24-21(27)18-6-3-16(4-7-18)15-26-9-11-28-12-10-26/h3-8,13-14H,9-12,15H2,1-2H3,(H,24,27)/p+1. The topological polar surface area (TPSA) is 58.4 Å². The van der Waals surface area contributed by atoms with Crippen LogP contribution >= 0.6 is 15.9 Å².